The van der Waals surface area contributed by atoms with E-state index in [1.165, 1.54) is 0 Å². The molecule has 2 aliphatic heterocycles. The third-order valence-electron chi connectivity index (χ3n) is 7.06. The van der Waals surface area contributed by atoms with Gasteiger partial charge in [-0.05, 0) is 31.2 Å². The van der Waals surface area contributed by atoms with E-state index in [2.05, 4.69) is 39.0 Å². The third-order valence-corrected chi connectivity index (χ3v) is 7.06. The topological polar surface area (TPSA) is 44.8 Å². The Morgan fingerprint density at radius 1 is 1.32 bits per heavy atom. The Balaban J connectivity index is 1.72. The number of carbonyl (C=O) groups excluding carboxylic acids is 1. The number of esters is 1. The molecule has 0 spiro atoms. The van der Waals surface area contributed by atoms with Gasteiger partial charge >= 0.3 is 5.97 Å². The monoisotopic (exact) mass is 344 g/mol. The van der Waals surface area contributed by atoms with Gasteiger partial charge in [0.2, 0.25) is 0 Å². The molecule has 0 unspecified atom stereocenters. The molecule has 1 saturated heterocycles. The first-order valence-electron chi connectivity index (χ1n) is 9.46. The summed E-state index contributed by atoms with van der Waals surface area (Å²) in [5, 5.41) is 0. The maximum Gasteiger partial charge on any atom is 0.305 e. The van der Waals surface area contributed by atoms with Gasteiger partial charge in [-0.3, -0.25) is 4.79 Å². The number of benzene rings is 1. The molecule has 3 aliphatic rings. The van der Waals surface area contributed by atoms with Crippen molar-refractivity contribution >= 4 is 5.97 Å². The summed E-state index contributed by atoms with van der Waals surface area (Å²) in [6.45, 7) is 9.70. The van der Waals surface area contributed by atoms with Crippen LogP contribution in [0.15, 0.2) is 24.3 Å². The van der Waals surface area contributed by atoms with Crippen LogP contribution in [-0.2, 0) is 14.3 Å². The molecule has 1 saturated carbocycles. The summed E-state index contributed by atoms with van der Waals surface area (Å²) in [7, 11) is 0. The molecule has 1 aromatic carbocycles. The minimum absolute atomic E-state index is 0.0625. The highest BCUT2D eigenvalue weighted by Gasteiger charge is 2.64. The fourth-order valence-electron chi connectivity index (χ4n) is 5.57. The predicted octanol–water partition coefficient (Wildman–Crippen LogP) is 4.14. The van der Waals surface area contributed by atoms with Crippen molar-refractivity contribution in [1.29, 1.82) is 0 Å². The summed E-state index contributed by atoms with van der Waals surface area (Å²) in [6, 6.07) is 8.24. The fourth-order valence-corrected chi connectivity index (χ4v) is 5.57. The maximum atomic E-state index is 11.8. The molecule has 25 heavy (non-hydrogen) atoms. The fraction of sp³-hybridized carbons (Fsp3) is 0.667. The van der Waals surface area contributed by atoms with Crippen molar-refractivity contribution in [3.63, 3.8) is 0 Å². The van der Waals surface area contributed by atoms with E-state index in [-0.39, 0.29) is 29.0 Å². The Kier molecular flexibility index (Phi) is 3.87. The smallest absolute Gasteiger partial charge is 0.305 e. The molecule has 1 aliphatic carbocycles. The van der Waals surface area contributed by atoms with Crippen LogP contribution in [0, 0.1) is 23.2 Å². The summed E-state index contributed by atoms with van der Waals surface area (Å²) in [5.74, 6) is 1.82. The highest BCUT2D eigenvalue weighted by Crippen LogP contribution is 2.63. The molecule has 2 fully saturated rings. The number of hydrogen-bond acceptors (Lipinski definition) is 4. The van der Waals surface area contributed by atoms with Gasteiger partial charge in [0.1, 0.15) is 11.4 Å². The molecule has 4 rings (SSSR count). The first-order chi connectivity index (χ1) is 11.9. The summed E-state index contributed by atoms with van der Waals surface area (Å²) < 4.78 is 18.6. The van der Waals surface area contributed by atoms with Crippen molar-refractivity contribution in [2.75, 3.05) is 13.2 Å². The number of ether oxygens (including phenoxy) is 3. The van der Waals surface area contributed by atoms with Crippen LogP contribution < -0.4 is 4.74 Å². The molecule has 2 heterocycles. The van der Waals surface area contributed by atoms with Gasteiger partial charge in [0, 0.05) is 23.3 Å². The van der Waals surface area contributed by atoms with Crippen molar-refractivity contribution in [2.24, 2.45) is 23.2 Å². The zero-order chi connectivity index (χ0) is 17.8. The Labute approximate surface area is 149 Å². The minimum Gasteiger partial charge on any atom is -0.487 e. The van der Waals surface area contributed by atoms with E-state index in [9.17, 15) is 4.79 Å². The minimum atomic E-state index is -0.240. The van der Waals surface area contributed by atoms with Crippen LogP contribution in [0.5, 0.6) is 5.75 Å². The van der Waals surface area contributed by atoms with Crippen molar-refractivity contribution in [1.82, 2.24) is 0 Å². The molecule has 0 amide bonds. The zero-order valence-corrected chi connectivity index (χ0v) is 15.6. The predicted molar refractivity (Wildman–Crippen MR) is 94.3 cm³/mol. The molecular formula is C21H28O4. The summed E-state index contributed by atoms with van der Waals surface area (Å²) in [4.78, 5) is 11.8. The normalized spacial score (nSPS) is 41.4. The van der Waals surface area contributed by atoms with E-state index in [0.29, 0.717) is 31.5 Å². The van der Waals surface area contributed by atoms with Crippen molar-refractivity contribution < 1.29 is 19.0 Å². The molecular weight excluding hydrogens is 316 g/mol. The van der Waals surface area contributed by atoms with E-state index in [4.69, 9.17) is 14.2 Å². The Bertz CT molecular complexity index is 686. The lowest BCUT2D eigenvalue weighted by atomic mass is 9.50. The van der Waals surface area contributed by atoms with Gasteiger partial charge in [-0.15, -0.1) is 0 Å². The lowest BCUT2D eigenvalue weighted by Gasteiger charge is -2.63. The van der Waals surface area contributed by atoms with E-state index < -0.39 is 0 Å². The van der Waals surface area contributed by atoms with Crippen LogP contribution in [0.4, 0.5) is 0 Å². The largest absolute Gasteiger partial charge is 0.487 e. The molecule has 1 aromatic rings. The van der Waals surface area contributed by atoms with Gasteiger partial charge in [-0.25, -0.2) is 0 Å². The second-order valence-electron chi connectivity index (χ2n) is 8.35. The molecule has 0 N–H and O–H groups in total. The van der Waals surface area contributed by atoms with Crippen LogP contribution in [0.2, 0.25) is 0 Å². The van der Waals surface area contributed by atoms with Crippen molar-refractivity contribution in [3.05, 3.63) is 29.8 Å². The lowest BCUT2D eigenvalue weighted by molar-refractivity contribution is -0.262. The Morgan fingerprint density at radius 3 is 2.84 bits per heavy atom. The molecule has 4 nitrogen and oxygen atoms in total. The zero-order valence-electron chi connectivity index (χ0n) is 15.6. The number of rotatable bonds is 3. The van der Waals surface area contributed by atoms with Crippen LogP contribution in [-0.4, -0.2) is 24.8 Å². The third kappa shape index (κ3) is 2.33. The highest BCUT2D eigenvalue weighted by atomic mass is 16.5. The number of carbonyl (C=O) groups is 1. The SMILES string of the molecule is CCC(=O)OC[C@]12CO[C@H]3c4ccccc4O[C@@](C)(C[C@H]1C)[C@H]3[C@@H]2C. The van der Waals surface area contributed by atoms with E-state index >= 15 is 0 Å². The number of para-hydroxylation sites is 1. The van der Waals surface area contributed by atoms with Crippen molar-refractivity contribution in [2.45, 2.75) is 52.2 Å². The van der Waals surface area contributed by atoms with Crippen LogP contribution in [0.3, 0.4) is 0 Å². The number of fused-ring (bicyclic) bond motifs is 3. The molecule has 0 radical (unpaired) electrons. The second kappa shape index (κ2) is 5.73. The van der Waals surface area contributed by atoms with Crippen LogP contribution >= 0.6 is 0 Å². The van der Waals surface area contributed by atoms with E-state index in [0.717, 1.165) is 17.7 Å². The first-order valence-corrected chi connectivity index (χ1v) is 9.46. The van der Waals surface area contributed by atoms with E-state index in [1.807, 2.05) is 13.0 Å². The van der Waals surface area contributed by atoms with Gasteiger partial charge < -0.3 is 14.2 Å². The van der Waals surface area contributed by atoms with Gasteiger partial charge in [0.25, 0.3) is 0 Å². The maximum absolute atomic E-state index is 11.8. The van der Waals surface area contributed by atoms with Gasteiger partial charge in [-0.1, -0.05) is 39.0 Å². The lowest BCUT2D eigenvalue weighted by Crippen LogP contribution is -2.66. The molecule has 0 aromatic heterocycles. The standard InChI is InChI=1S/C21H28O4/c1-5-17(22)23-11-21-12-24-19-15-8-6-7-9-16(15)25-20(4,10-13(21)2)18(19)14(21)3/h6-9,13-14,18-19H,5,10-12H2,1-4H3/t13-,14+,18+,19+,20+,21+/m1/s1. The molecule has 4 heteroatoms. The van der Waals surface area contributed by atoms with Gasteiger partial charge in [0.15, 0.2) is 0 Å². The molecule has 2 bridgehead atoms. The Hall–Kier alpha value is -1.55. The summed E-state index contributed by atoms with van der Waals surface area (Å²) in [6.07, 6.45) is 1.44. The number of hydrogen-bond donors (Lipinski definition) is 0. The molecule has 6 atom stereocenters. The Morgan fingerprint density at radius 2 is 2.08 bits per heavy atom. The van der Waals surface area contributed by atoms with Gasteiger partial charge in [-0.2, -0.15) is 0 Å². The average molecular weight is 344 g/mol. The summed E-state index contributed by atoms with van der Waals surface area (Å²) in [5.41, 5.74) is 0.794. The average Bonchev–Trinajstić information content (AvgIpc) is 2.59. The highest BCUT2D eigenvalue weighted by molar-refractivity contribution is 5.68. The van der Waals surface area contributed by atoms with E-state index in [1.54, 1.807) is 0 Å². The van der Waals surface area contributed by atoms with Crippen LogP contribution in [0.1, 0.15) is 52.2 Å². The van der Waals surface area contributed by atoms with Crippen molar-refractivity contribution in [3.8, 4) is 5.75 Å². The first kappa shape index (κ1) is 16.9. The van der Waals surface area contributed by atoms with Gasteiger partial charge in [0.05, 0.1) is 19.3 Å². The summed E-state index contributed by atoms with van der Waals surface area (Å²) >= 11 is 0. The van der Waals surface area contributed by atoms with Crippen LogP contribution in [0.25, 0.3) is 0 Å². The quantitative estimate of drug-likeness (QED) is 0.773. The molecule has 136 valence electrons. The second-order valence-corrected chi connectivity index (χ2v) is 8.35.